The summed E-state index contributed by atoms with van der Waals surface area (Å²) in [6.07, 6.45) is 0. The summed E-state index contributed by atoms with van der Waals surface area (Å²) in [7, 11) is -3.68. The predicted octanol–water partition coefficient (Wildman–Crippen LogP) is 4.90. The fourth-order valence-electron chi connectivity index (χ4n) is 1.81. The monoisotopic (exact) mass is 451 g/mol. The van der Waals surface area contributed by atoms with Crippen molar-refractivity contribution in [2.45, 2.75) is 17.9 Å². The Morgan fingerprint density at radius 1 is 1.05 bits per heavy atom. The average Bonchev–Trinajstić information content (AvgIpc) is 2.38. The van der Waals surface area contributed by atoms with Gasteiger partial charge in [0, 0.05) is 15.0 Å². The third kappa shape index (κ3) is 4.29. The van der Waals surface area contributed by atoms with Crippen molar-refractivity contribution in [1.82, 2.24) is 4.72 Å². The molecule has 0 saturated heterocycles. The molecule has 0 aliphatic rings. The third-order valence-corrected chi connectivity index (χ3v) is 5.93. The third-order valence-electron chi connectivity index (χ3n) is 2.89. The molecular formula is C14H12Br2ClNO2S. The predicted molar refractivity (Wildman–Crippen MR) is 92.0 cm³/mol. The quantitative estimate of drug-likeness (QED) is 0.715. The Morgan fingerprint density at radius 2 is 1.62 bits per heavy atom. The topological polar surface area (TPSA) is 46.2 Å². The Hall–Kier alpha value is -0.400. The minimum absolute atomic E-state index is 0.0660. The molecule has 1 N–H and O–H groups in total. The average molecular weight is 454 g/mol. The summed E-state index contributed by atoms with van der Waals surface area (Å²) >= 11 is 12.6. The van der Waals surface area contributed by atoms with Gasteiger partial charge in [0.15, 0.2) is 0 Å². The zero-order chi connectivity index (χ0) is 15.6. The van der Waals surface area contributed by atoms with E-state index in [0.717, 1.165) is 14.5 Å². The van der Waals surface area contributed by atoms with Crippen LogP contribution in [0.5, 0.6) is 0 Å². The van der Waals surface area contributed by atoms with Crippen molar-refractivity contribution in [3.05, 3.63) is 62.0 Å². The summed E-state index contributed by atoms with van der Waals surface area (Å²) in [5.74, 6) is 0. The standard InChI is InChI=1S/C14H12Br2ClNO2S/c1-9(10-2-4-11(15)5-3-10)18-21(19,20)14-7-6-12(16)8-13(14)17/h2-9,18H,1H3/t9-/m1/s1. The van der Waals surface area contributed by atoms with Crippen molar-refractivity contribution in [3.8, 4) is 0 Å². The molecule has 2 aromatic rings. The summed E-state index contributed by atoms with van der Waals surface area (Å²) in [5, 5.41) is 0.180. The fourth-order valence-corrected chi connectivity index (χ4v) is 4.34. The molecule has 0 unspecified atom stereocenters. The highest BCUT2D eigenvalue weighted by molar-refractivity contribution is 9.10. The van der Waals surface area contributed by atoms with E-state index in [9.17, 15) is 8.42 Å². The van der Waals surface area contributed by atoms with E-state index in [0.29, 0.717) is 0 Å². The zero-order valence-corrected chi connectivity index (χ0v) is 15.7. The lowest BCUT2D eigenvalue weighted by Crippen LogP contribution is -2.27. The fraction of sp³-hybridized carbons (Fsp3) is 0.143. The Labute approximate surface area is 146 Å². The molecule has 0 radical (unpaired) electrons. The lowest BCUT2D eigenvalue weighted by Gasteiger charge is -2.15. The molecule has 0 heterocycles. The van der Waals surface area contributed by atoms with Gasteiger partial charge in [0.25, 0.3) is 0 Å². The number of hydrogen-bond donors (Lipinski definition) is 1. The first-order chi connectivity index (χ1) is 9.79. The Bertz CT molecular complexity index is 748. The number of sulfonamides is 1. The van der Waals surface area contributed by atoms with Crippen LogP contribution >= 0.6 is 43.5 Å². The van der Waals surface area contributed by atoms with Crippen LogP contribution in [-0.2, 0) is 10.0 Å². The van der Waals surface area contributed by atoms with Crippen LogP contribution in [0.2, 0.25) is 5.02 Å². The van der Waals surface area contributed by atoms with Gasteiger partial charge in [-0.1, -0.05) is 55.6 Å². The van der Waals surface area contributed by atoms with E-state index in [1.165, 1.54) is 6.07 Å². The van der Waals surface area contributed by atoms with Crippen LogP contribution in [0.25, 0.3) is 0 Å². The van der Waals surface area contributed by atoms with Gasteiger partial charge in [-0.25, -0.2) is 13.1 Å². The first kappa shape index (κ1) is 17.0. The van der Waals surface area contributed by atoms with Gasteiger partial charge in [0.05, 0.1) is 5.02 Å². The van der Waals surface area contributed by atoms with Gasteiger partial charge in [-0.15, -0.1) is 0 Å². The van der Waals surface area contributed by atoms with Crippen LogP contribution in [0.4, 0.5) is 0 Å². The van der Waals surface area contributed by atoms with Gasteiger partial charge >= 0.3 is 0 Å². The van der Waals surface area contributed by atoms with Gasteiger partial charge in [-0.3, -0.25) is 0 Å². The maximum absolute atomic E-state index is 12.4. The van der Waals surface area contributed by atoms with Crippen molar-refractivity contribution in [2.75, 3.05) is 0 Å². The molecule has 0 saturated carbocycles. The number of rotatable bonds is 4. The normalized spacial score (nSPS) is 13.1. The molecule has 0 fully saturated rings. The number of benzene rings is 2. The van der Waals surface area contributed by atoms with E-state index < -0.39 is 10.0 Å². The van der Waals surface area contributed by atoms with E-state index in [1.807, 2.05) is 24.3 Å². The minimum atomic E-state index is -3.68. The molecule has 0 amide bonds. The highest BCUT2D eigenvalue weighted by atomic mass is 79.9. The summed E-state index contributed by atoms with van der Waals surface area (Å²) in [5.41, 5.74) is 0.870. The largest absolute Gasteiger partial charge is 0.242 e. The van der Waals surface area contributed by atoms with Crippen LogP contribution in [0, 0.1) is 0 Å². The smallest absolute Gasteiger partial charge is 0.207 e. The molecule has 0 aliphatic carbocycles. The molecule has 0 aliphatic heterocycles. The van der Waals surface area contributed by atoms with Crippen molar-refractivity contribution in [3.63, 3.8) is 0 Å². The number of hydrogen-bond acceptors (Lipinski definition) is 2. The lowest BCUT2D eigenvalue weighted by atomic mass is 10.1. The zero-order valence-electron chi connectivity index (χ0n) is 11.0. The number of halogens is 3. The second kappa shape index (κ2) is 6.79. The molecular weight excluding hydrogens is 441 g/mol. The Morgan fingerprint density at radius 3 is 2.19 bits per heavy atom. The van der Waals surface area contributed by atoms with Gasteiger partial charge in [0.2, 0.25) is 10.0 Å². The number of nitrogens with one attached hydrogen (secondary N) is 1. The Kier molecular flexibility index (Phi) is 5.48. The molecule has 1 atom stereocenters. The second-order valence-electron chi connectivity index (χ2n) is 4.47. The Balaban J connectivity index is 2.26. The lowest BCUT2D eigenvalue weighted by molar-refractivity contribution is 0.567. The molecule has 0 spiro atoms. The van der Waals surface area contributed by atoms with Gasteiger partial charge in [0.1, 0.15) is 4.90 Å². The van der Waals surface area contributed by atoms with Crippen molar-refractivity contribution in [2.24, 2.45) is 0 Å². The van der Waals surface area contributed by atoms with Crippen LogP contribution in [0.3, 0.4) is 0 Å². The highest BCUT2D eigenvalue weighted by Crippen LogP contribution is 2.26. The highest BCUT2D eigenvalue weighted by Gasteiger charge is 2.21. The van der Waals surface area contributed by atoms with Crippen LogP contribution in [0.15, 0.2) is 56.3 Å². The van der Waals surface area contributed by atoms with Crippen LogP contribution < -0.4 is 4.72 Å². The first-order valence-corrected chi connectivity index (χ1v) is 9.47. The van der Waals surface area contributed by atoms with Gasteiger partial charge < -0.3 is 0 Å². The van der Waals surface area contributed by atoms with Crippen LogP contribution in [0.1, 0.15) is 18.5 Å². The minimum Gasteiger partial charge on any atom is -0.207 e. The van der Waals surface area contributed by atoms with Gasteiger partial charge in [-0.2, -0.15) is 0 Å². The molecule has 112 valence electrons. The van der Waals surface area contributed by atoms with Crippen molar-refractivity contribution < 1.29 is 8.42 Å². The summed E-state index contributed by atoms with van der Waals surface area (Å²) in [6.45, 7) is 1.79. The summed E-state index contributed by atoms with van der Waals surface area (Å²) < 4.78 is 29.1. The summed E-state index contributed by atoms with van der Waals surface area (Å²) in [4.78, 5) is 0.0660. The van der Waals surface area contributed by atoms with Crippen molar-refractivity contribution >= 4 is 53.5 Å². The molecule has 2 aromatic carbocycles. The van der Waals surface area contributed by atoms with E-state index in [1.54, 1.807) is 19.1 Å². The van der Waals surface area contributed by atoms with Crippen molar-refractivity contribution in [1.29, 1.82) is 0 Å². The molecule has 7 heteroatoms. The SMILES string of the molecule is C[C@@H](NS(=O)(=O)c1ccc(Br)cc1Cl)c1ccc(Br)cc1. The molecule has 0 bridgehead atoms. The molecule has 2 rings (SSSR count). The van der Waals surface area contributed by atoms with E-state index >= 15 is 0 Å². The molecule has 21 heavy (non-hydrogen) atoms. The van der Waals surface area contributed by atoms with E-state index in [4.69, 9.17) is 11.6 Å². The van der Waals surface area contributed by atoms with Crippen LogP contribution in [-0.4, -0.2) is 8.42 Å². The first-order valence-electron chi connectivity index (χ1n) is 6.02. The van der Waals surface area contributed by atoms with E-state index in [2.05, 4.69) is 36.6 Å². The molecule has 3 nitrogen and oxygen atoms in total. The maximum atomic E-state index is 12.4. The van der Waals surface area contributed by atoms with Gasteiger partial charge in [-0.05, 0) is 42.8 Å². The summed E-state index contributed by atoms with van der Waals surface area (Å²) in [6, 6.07) is 11.8. The van der Waals surface area contributed by atoms with E-state index in [-0.39, 0.29) is 16.0 Å². The second-order valence-corrected chi connectivity index (χ2v) is 8.39. The maximum Gasteiger partial charge on any atom is 0.242 e. The molecule has 0 aromatic heterocycles.